The molecule has 5 heteroatoms. The van der Waals surface area contributed by atoms with Crippen LogP contribution in [0, 0.1) is 5.92 Å². The standard InChI is InChI=1S/C16H20N2O3/c19-9-11-5-12(7-15(11)20)18-16(21)6-10-8-17-14-4-2-1-3-13(10)14/h1-4,8,11-12,15,17,19-20H,5-7,9H2,(H,18,21)/t11-,12+,15-/m1/s1. The molecule has 2 aromatic rings. The van der Waals surface area contributed by atoms with E-state index in [-0.39, 0.29) is 24.5 Å². The minimum Gasteiger partial charge on any atom is -0.396 e. The first-order chi connectivity index (χ1) is 10.2. The summed E-state index contributed by atoms with van der Waals surface area (Å²) in [7, 11) is 0. The van der Waals surface area contributed by atoms with E-state index in [9.17, 15) is 9.90 Å². The molecule has 1 saturated carbocycles. The number of carbonyl (C=O) groups is 1. The van der Waals surface area contributed by atoms with Crippen molar-refractivity contribution in [2.24, 2.45) is 5.92 Å². The van der Waals surface area contributed by atoms with E-state index in [0.717, 1.165) is 16.5 Å². The Bertz CT molecular complexity index is 637. The number of aliphatic hydroxyl groups is 2. The second-order valence-electron chi connectivity index (χ2n) is 5.78. The fourth-order valence-electron chi connectivity index (χ4n) is 3.15. The van der Waals surface area contributed by atoms with Gasteiger partial charge in [0.05, 0.1) is 12.5 Å². The van der Waals surface area contributed by atoms with Gasteiger partial charge in [0, 0.05) is 35.7 Å². The molecule has 0 saturated heterocycles. The van der Waals surface area contributed by atoms with Gasteiger partial charge in [-0.2, -0.15) is 0 Å². The fraction of sp³-hybridized carbons (Fsp3) is 0.438. The minimum absolute atomic E-state index is 0.0318. The molecule has 4 N–H and O–H groups in total. The number of H-pyrrole nitrogens is 1. The zero-order chi connectivity index (χ0) is 14.8. The number of aromatic amines is 1. The summed E-state index contributed by atoms with van der Waals surface area (Å²) < 4.78 is 0. The number of aromatic nitrogens is 1. The largest absolute Gasteiger partial charge is 0.396 e. The average Bonchev–Trinajstić information content (AvgIpc) is 3.03. The molecule has 1 aromatic carbocycles. The molecule has 0 unspecified atom stereocenters. The Hall–Kier alpha value is -1.85. The van der Waals surface area contributed by atoms with Crippen molar-refractivity contribution in [2.45, 2.75) is 31.4 Å². The van der Waals surface area contributed by atoms with E-state index in [0.29, 0.717) is 19.3 Å². The summed E-state index contributed by atoms with van der Waals surface area (Å²) in [6.45, 7) is -0.0318. The molecule has 5 nitrogen and oxygen atoms in total. The van der Waals surface area contributed by atoms with Gasteiger partial charge in [-0.25, -0.2) is 0 Å². The van der Waals surface area contributed by atoms with E-state index >= 15 is 0 Å². The van der Waals surface area contributed by atoms with Gasteiger partial charge in [0.15, 0.2) is 0 Å². The number of benzene rings is 1. The Kier molecular flexibility index (Phi) is 3.94. The van der Waals surface area contributed by atoms with Crippen molar-refractivity contribution in [3.05, 3.63) is 36.0 Å². The Balaban J connectivity index is 1.62. The van der Waals surface area contributed by atoms with E-state index in [1.807, 2.05) is 30.5 Å². The maximum atomic E-state index is 12.1. The van der Waals surface area contributed by atoms with Crippen LogP contribution in [0.3, 0.4) is 0 Å². The Labute approximate surface area is 123 Å². The number of hydrogen-bond donors (Lipinski definition) is 4. The first-order valence-electron chi connectivity index (χ1n) is 7.30. The quantitative estimate of drug-likeness (QED) is 0.676. The van der Waals surface area contributed by atoms with Crippen LogP contribution in [0.25, 0.3) is 10.9 Å². The van der Waals surface area contributed by atoms with Crippen LogP contribution >= 0.6 is 0 Å². The van der Waals surface area contributed by atoms with Crippen molar-refractivity contribution in [2.75, 3.05) is 6.61 Å². The SMILES string of the molecule is O=C(Cc1c[nH]c2ccccc12)N[C@H]1C[C@H](CO)[C@H](O)C1. The predicted molar refractivity (Wildman–Crippen MR) is 79.8 cm³/mol. The molecule has 1 aromatic heterocycles. The molecule has 3 rings (SSSR count). The van der Waals surface area contributed by atoms with Gasteiger partial charge in [-0.15, -0.1) is 0 Å². The Morgan fingerprint density at radius 2 is 2.14 bits per heavy atom. The van der Waals surface area contributed by atoms with E-state index in [1.165, 1.54) is 0 Å². The number of fused-ring (bicyclic) bond motifs is 1. The monoisotopic (exact) mass is 288 g/mol. The molecule has 0 aliphatic heterocycles. The predicted octanol–water partition coefficient (Wildman–Crippen LogP) is 0.958. The topological polar surface area (TPSA) is 85.4 Å². The number of carbonyl (C=O) groups excluding carboxylic acids is 1. The average molecular weight is 288 g/mol. The molecule has 1 fully saturated rings. The van der Waals surface area contributed by atoms with Gasteiger partial charge in [0.1, 0.15) is 0 Å². The molecule has 1 amide bonds. The van der Waals surface area contributed by atoms with Crippen molar-refractivity contribution in [3.8, 4) is 0 Å². The first-order valence-corrected chi connectivity index (χ1v) is 7.30. The van der Waals surface area contributed by atoms with Crippen molar-refractivity contribution in [1.82, 2.24) is 10.3 Å². The van der Waals surface area contributed by atoms with E-state index in [1.54, 1.807) is 0 Å². The zero-order valence-corrected chi connectivity index (χ0v) is 11.7. The highest BCUT2D eigenvalue weighted by Crippen LogP contribution is 2.26. The summed E-state index contributed by atoms with van der Waals surface area (Å²) in [5.41, 5.74) is 2.00. The number of nitrogens with one attached hydrogen (secondary N) is 2. The lowest BCUT2D eigenvalue weighted by atomic mass is 10.1. The highest BCUT2D eigenvalue weighted by atomic mass is 16.3. The molecule has 3 atom stereocenters. The van der Waals surface area contributed by atoms with Gasteiger partial charge in [-0.3, -0.25) is 4.79 Å². The van der Waals surface area contributed by atoms with Crippen molar-refractivity contribution in [1.29, 1.82) is 0 Å². The summed E-state index contributed by atoms with van der Waals surface area (Å²) in [6, 6.07) is 7.84. The molecule has 1 aliphatic carbocycles. The van der Waals surface area contributed by atoms with Gasteiger partial charge < -0.3 is 20.5 Å². The second-order valence-corrected chi connectivity index (χ2v) is 5.78. The van der Waals surface area contributed by atoms with Crippen LogP contribution in [0.4, 0.5) is 0 Å². The lowest BCUT2D eigenvalue weighted by Crippen LogP contribution is -2.34. The van der Waals surface area contributed by atoms with Crippen LogP contribution in [0.15, 0.2) is 30.5 Å². The minimum atomic E-state index is -0.520. The number of para-hydroxylation sites is 1. The molecular formula is C16H20N2O3. The molecule has 1 aliphatic rings. The van der Waals surface area contributed by atoms with E-state index < -0.39 is 6.10 Å². The van der Waals surface area contributed by atoms with E-state index in [4.69, 9.17) is 5.11 Å². The third kappa shape index (κ3) is 2.94. The number of amides is 1. The van der Waals surface area contributed by atoms with Gasteiger partial charge in [0.25, 0.3) is 0 Å². The van der Waals surface area contributed by atoms with Gasteiger partial charge in [-0.1, -0.05) is 18.2 Å². The highest BCUT2D eigenvalue weighted by Gasteiger charge is 2.33. The summed E-state index contributed by atoms with van der Waals surface area (Å²) in [5, 5.41) is 22.9. The summed E-state index contributed by atoms with van der Waals surface area (Å²) in [6.07, 6.45) is 2.82. The van der Waals surface area contributed by atoms with Crippen molar-refractivity contribution in [3.63, 3.8) is 0 Å². The third-order valence-electron chi connectivity index (χ3n) is 4.28. The van der Waals surface area contributed by atoms with Gasteiger partial charge in [-0.05, 0) is 24.5 Å². The van der Waals surface area contributed by atoms with Crippen LogP contribution in [-0.2, 0) is 11.2 Å². The van der Waals surface area contributed by atoms with Gasteiger partial charge >= 0.3 is 0 Å². The highest BCUT2D eigenvalue weighted by molar-refractivity contribution is 5.88. The van der Waals surface area contributed by atoms with E-state index in [2.05, 4.69) is 10.3 Å². The maximum Gasteiger partial charge on any atom is 0.224 e. The van der Waals surface area contributed by atoms with Crippen LogP contribution in [0.1, 0.15) is 18.4 Å². The maximum absolute atomic E-state index is 12.1. The zero-order valence-electron chi connectivity index (χ0n) is 11.7. The fourth-order valence-corrected chi connectivity index (χ4v) is 3.15. The molecule has 0 bridgehead atoms. The van der Waals surface area contributed by atoms with Crippen molar-refractivity contribution >= 4 is 16.8 Å². The van der Waals surface area contributed by atoms with Crippen LogP contribution in [0.5, 0.6) is 0 Å². The smallest absolute Gasteiger partial charge is 0.224 e. The molecule has 21 heavy (non-hydrogen) atoms. The molecular weight excluding hydrogens is 268 g/mol. The van der Waals surface area contributed by atoms with Crippen LogP contribution in [-0.4, -0.2) is 39.9 Å². The molecule has 0 radical (unpaired) electrons. The van der Waals surface area contributed by atoms with Crippen molar-refractivity contribution < 1.29 is 15.0 Å². The summed E-state index contributed by atoms with van der Waals surface area (Å²) in [4.78, 5) is 15.3. The number of aliphatic hydroxyl groups excluding tert-OH is 2. The number of hydrogen-bond acceptors (Lipinski definition) is 3. The molecule has 0 spiro atoms. The van der Waals surface area contributed by atoms with Gasteiger partial charge in [0.2, 0.25) is 5.91 Å². The van der Waals surface area contributed by atoms with Crippen LogP contribution < -0.4 is 5.32 Å². The Morgan fingerprint density at radius 3 is 2.90 bits per heavy atom. The summed E-state index contributed by atoms with van der Waals surface area (Å²) in [5.74, 6) is -0.168. The second kappa shape index (κ2) is 5.87. The lowest BCUT2D eigenvalue weighted by Gasteiger charge is -2.12. The number of rotatable bonds is 4. The Morgan fingerprint density at radius 1 is 1.33 bits per heavy atom. The lowest BCUT2D eigenvalue weighted by molar-refractivity contribution is -0.121. The molecule has 1 heterocycles. The third-order valence-corrected chi connectivity index (χ3v) is 4.28. The normalized spacial score (nSPS) is 25.3. The molecule has 112 valence electrons. The summed E-state index contributed by atoms with van der Waals surface area (Å²) >= 11 is 0. The van der Waals surface area contributed by atoms with Crippen LogP contribution in [0.2, 0.25) is 0 Å². The first kappa shape index (κ1) is 14.1.